The fourth-order valence-corrected chi connectivity index (χ4v) is 2.42. The highest BCUT2D eigenvalue weighted by Gasteiger charge is 2.24. The quantitative estimate of drug-likeness (QED) is 0.874. The van der Waals surface area contributed by atoms with Crippen LogP contribution >= 0.6 is 15.9 Å². The third-order valence-electron chi connectivity index (χ3n) is 3.28. The lowest BCUT2D eigenvalue weighted by Gasteiger charge is -2.20. The third-order valence-corrected chi connectivity index (χ3v) is 3.81. The highest BCUT2D eigenvalue weighted by Crippen LogP contribution is 2.21. The zero-order chi connectivity index (χ0) is 12.1. The van der Waals surface area contributed by atoms with E-state index in [1.165, 1.54) is 0 Å². The molecule has 2 rings (SSSR count). The Labute approximate surface area is 110 Å². The molecule has 1 aromatic carbocycles. The number of hydrogen-bond donors (Lipinski definition) is 2. The number of ether oxygens (including phenoxy) is 1. The normalized spacial score (nSPS) is 21.4. The minimum atomic E-state index is 0.197. The van der Waals surface area contributed by atoms with Crippen LogP contribution in [0.25, 0.3) is 0 Å². The van der Waals surface area contributed by atoms with Gasteiger partial charge in [-0.3, -0.25) is 0 Å². The van der Waals surface area contributed by atoms with Gasteiger partial charge in [-0.1, -0.05) is 15.9 Å². The number of halogens is 1. The van der Waals surface area contributed by atoms with E-state index in [1.807, 2.05) is 24.3 Å². The zero-order valence-corrected chi connectivity index (χ0v) is 11.3. The highest BCUT2D eigenvalue weighted by molar-refractivity contribution is 9.10. The van der Waals surface area contributed by atoms with Gasteiger partial charge in [-0.2, -0.15) is 0 Å². The van der Waals surface area contributed by atoms with Gasteiger partial charge in [0.1, 0.15) is 5.75 Å². The molecule has 1 fully saturated rings. The van der Waals surface area contributed by atoms with Gasteiger partial charge in [-0.25, -0.2) is 0 Å². The van der Waals surface area contributed by atoms with Gasteiger partial charge in [0, 0.05) is 17.0 Å². The van der Waals surface area contributed by atoms with Gasteiger partial charge in [0.15, 0.2) is 0 Å². The van der Waals surface area contributed by atoms with Gasteiger partial charge in [0.25, 0.3) is 0 Å². The van der Waals surface area contributed by atoms with Crippen LogP contribution in [0.3, 0.4) is 0 Å². The molecule has 1 saturated heterocycles. The summed E-state index contributed by atoms with van der Waals surface area (Å²) in [5.74, 6) is 1.63. The lowest BCUT2D eigenvalue weighted by Crippen LogP contribution is -2.26. The molecule has 0 spiro atoms. The number of aliphatic hydroxyl groups excluding tert-OH is 1. The monoisotopic (exact) mass is 299 g/mol. The van der Waals surface area contributed by atoms with Crippen LogP contribution in [0.1, 0.15) is 6.42 Å². The third kappa shape index (κ3) is 3.69. The van der Waals surface area contributed by atoms with E-state index in [2.05, 4.69) is 21.2 Å². The summed E-state index contributed by atoms with van der Waals surface area (Å²) in [6, 6.07) is 7.79. The van der Waals surface area contributed by atoms with Crippen molar-refractivity contribution >= 4 is 15.9 Å². The van der Waals surface area contributed by atoms with Crippen molar-refractivity contribution in [2.45, 2.75) is 6.42 Å². The number of benzene rings is 1. The van der Waals surface area contributed by atoms with E-state index >= 15 is 0 Å². The Morgan fingerprint density at radius 1 is 1.41 bits per heavy atom. The van der Waals surface area contributed by atoms with Gasteiger partial charge in [-0.15, -0.1) is 0 Å². The maximum Gasteiger partial charge on any atom is 0.119 e. The first-order chi connectivity index (χ1) is 8.29. The topological polar surface area (TPSA) is 41.5 Å². The fraction of sp³-hybridized carbons (Fsp3) is 0.538. The van der Waals surface area contributed by atoms with Crippen molar-refractivity contribution in [1.82, 2.24) is 5.32 Å². The standard InChI is InChI=1S/C13H18BrNO2/c14-12-1-3-13(4-2-12)17-9-11(8-16)10-5-6-15-7-10/h1-4,10-11,15-16H,5-9H2. The predicted molar refractivity (Wildman–Crippen MR) is 71.2 cm³/mol. The molecule has 0 saturated carbocycles. The molecule has 0 radical (unpaired) electrons. The second-order valence-corrected chi connectivity index (χ2v) is 5.38. The molecule has 0 aliphatic carbocycles. The van der Waals surface area contributed by atoms with E-state index < -0.39 is 0 Å². The van der Waals surface area contributed by atoms with Crippen LogP contribution in [-0.2, 0) is 0 Å². The van der Waals surface area contributed by atoms with E-state index in [-0.39, 0.29) is 12.5 Å². The summed E-state index contributed by atoms with van der Waals surface area (Å²) < 4.78 is 6.76. The Morgan fingerprint density at radius 2 is 2.18 bits per heavy atom. The first kappa shape index (κ1) is 12.9. The van der Waals surface area contributed by atoms with Gasteiger partial charge in [0.2, 0.25) is 0 Å². The minimum Gasteiger partial charge on any atom is -0.493 e. The molecule has 2 unspecified atom stereocenters. The largest absolute Gasteiger partial charge is 0.493 e. The highest BCUT2D eigenvalue weighted by atomic mass is 79.9. The van der Waals surface area contributed by atoms with Crippen LogP contribution < -0.4 is 10.1 Å². The average molecular weight is 300 g/mol. The summed E-state index contributed by atoms with van der Waals surface area (Å²) in [7, 11) is 0. The van der Waals surface area contributed by atoms with Crippen molar-refractivity contribution < 1.29 is 9.84 Å². The fourth-order valence-electron chi connectivity index (χ4n) is 2.15. The molecule has 1 aliphatic heterocycles. The molecule has 2 atom stereocenters. The molecule has 2 N–H and O–H groups in total. The zero-order valence-electron chi connectivity index (χ0n) is 9.73. The van der Waals surface area contributed by atoms with Crippen LogP contribution in [0.4, 0.5) is 0 Å². The lowest BCUT2D eigenvalue weighted by atomic mass is 9.93. The molecular formula is C13H18BrNO2. The lowest BCUT2D eigenvalue weighted by molar-refractivity contribution is 0.124. The number of rotatable bonds is 5. The first-order valence-electron chi connectivity index (χ1n) is 5.99. The molecule has 0 amide bonds. The van der Waals surface area contributed by atoms with Gasteiger partial charge in [0.05, 0.1) is 6.61 Å². The SMILES string of the molecule is OCC(COc1ccc(Br)cc1)C1CCNC1. The molecule has 0 aromatic heterocycles. The molecule has 0 bridgehead atoms. The van der Waals surface area contributed by atoms with Crippen LogP contribution in [0.15, 0.2) is 28.7 Å². The van der Waals surface area contributed by atoms with Crippen LogP contribution in [0, 0.1) is 11.8 Å². The average Bonchev–Trinajstić information content (AvgIpc) is 2.86. The Morgan fingerprint density at radius 3 is 2.76 bits per heavy atom. The van der Waals surface area contributed by atoms with E-state index in [4.69, 9.17) is 4.74 Å². The smallest absolute Gasteiger partial charge is 0.119 e. The van der Waals surface area contributed by atoms with E-state index in [1.54, 1.807) is 0 Å². The van der Waals surface area contributed by atoms with E-state index in [0.29, 0.717) is 12.5 Å². The summed E-state index contributed by atoms with van der Waals surface area (Å²) in [4.78, 5) is 0. The number of aliphatic hydroxyl groups is 1. The molecule has 1 heterocycles. The van der Waals surface area contributed by atoms with E-state index in [0.717, 1.165) is 29.7 Å². The summed E-state index contributed by atoms with van der Waals surface area (Å²) in [6.07, 6.45) is 1.13. The Kier molecular flexibility index (Phi) is 4.83. The molecule has 4 heteroatoms. The number of hydrogen-bond acceptors (Lipinski definition) is 3. The summed E-state index contributed by atoms with van der Waals surface area (Å²) in [6.45, 7) is 2.84. The van der Waals surface area contributed by atoms with Crippen LogP contribution in [0.5, 0.6) is 5.75 Å². The molecule has 1 aromatic rings. The number of nitrogens with one attached hydrogen (secondary N) is 1. The maximum atomic E-state index is 9.39. The van der Waals surface area contributed by atoms with E-state index in [9.17, 15) is 5.11 Å². The van der Waals surface area contributed by atoms with Crippen molar-refractivity contribution in [2.24, 2.45) is 11.8 Å². The summed E-state index contributed by atoms with van der Waals surface area (Å²) >= 11 is 3.39. The van der Waals surface area contributed by atoms with Crippen LogP contribution in [0.2, 0.25) is 0 Å². The maximum absolute atomic E-state index is 9.39. The molecule has 1 aliphatic rings. The van der Waals surface area contributed by atoms with Gasteiger partial charge in [-0.05, 0) is 49.7 Å². The summed E-state index contributed by atoms with van der Waals surface area (Å²) in [5.41, 5.74) is 0. The second kappa shape index (κ2) is 6.38. The van der Waals surface area contributed by atoms with Gasteiger partial charge >= 0.3 is 0 Å². The summed E-state index contributed by atoms with van der Waals surface area (Å²) in [5, 5.41) is 12.7. The Bertz CT molecular complexity index is 336. The molecule has 17 heavy (non-hydrogen) atoms. The first-order valence-corrected chi connectivity index (χ1v) is 6.79. The molecule has 3 nitrogen and oxygen atoms in total. The molecule has 94 valence electrons. The second-order valence-electron chi connectivity index (χ2n) is 4.46. The Hall–Kier alpha value is -0.580. The predicted octanol–water partition coefficient (Wildman–Crippen LogP) is 2.05. The van der Waals surface area contributed by atoms with Crippen molar-refractivity contribution in [3.63, 3.8) is 0 Å². The Balaban J connectivity index is 1.84. The van der Waals surface area contributed by atoms with Crippen molar-refractivity contribution in [3.8, 4) is 5.75 Å². The van der Waals surface area contributed by atoms with Crippen molar-refractivity contribution in [1.29, 1.82) is 0 Å². The molecular weight excluding hydrogens is 282 g/mol. The van der Waals surface area contributed by atoms with Crippen molar-refractivity contribution in [2.75, 3.05) is 26.3 Å². The minimum absolute atomic E-state index is 0.197. The van der Waals surface area contributed by atoms with Gasteiger partial charge < -0.3 is 15.2 Å². The van der Waals surface area contributed by atoms with Crippen LogP contribution in [-0.4, -0.2) is 31.4 Å². The van der Waals surface area contributed by atoms with Crippen molar-refractivity contribution in [3.05, 3.63) is 28.7 Å².